The van der Waals surface area contributed by atoms with Crippen LogP contribution in [0.25, 0.3) is 0 Å². The highest BCUT2D eigenvalue weighted by atomic mass is 32.2. The SMILES string of the molecule is Cc1ccc(C)c(Sc2ccc(N)cc2S(=O)(=O)N2CCNC(C(=O)C=O)C2)c1. The molecule has 2 aromatic carbocycles. The number of Topliss-reactive ketones (excluding diaryl/α,β-unsaturated/α-hetero) is 1. The standard InChI is InChI=1S/C20H23N3O4S2/c1-13-3-4-14(2)19(9-13)28-18-6-5-15(21)10-20(18)29(26,27)23-8-7-22-16(11-23)17(25)12-24/h3-6,9-10,12,16,22H,7-8,11,21H2,1-2H3. The van der Waals surface area contributed by atoms with Crippen LogP contribution in [-0.2, 0) is 19.6 Å². The van der Waals surface area contributed by atoms with Gasteiger partial charge >= 0.3 is 0 Å². The van der Waals surface area contributed by atoms with Crippen LogP contribution in [0.1, 0.15) is 11.1 Å². The number of aryl methyl sites for hydroxylation is 2. The number of ketones is 1. The van der Waals surface area contributed by atoms with Crippen molar-refractivity contribution < 1.29 is 18.0 Å². The molecule has 0 saturated carbocycles. The van der Waals surface area contributed by atoms with Gasteiger partial charge in [-0.2, -0.15) is 4.31 Å². The minimum atomic E-state index is -3.91. The molecule has 1 saturated heterocycles. The summed E-state index contributed by atoms with van der Waals surface area (Å²) in [6.45, 7) is 4.34. The molecule has 1 aliphatic rings. The average molecular weight is 434 g/mol. The highest BCUT2D eigenvalue weighted by Crippen LogP contribution is 2.37. The van der Waals surface area contributed by atoms with Gasteiger partial charge < -0.3 is 11.1 Å². The van der Waals surface area contributed by atoms with Crippen LogP contribution in [0.5, 0.6) is 0 Å². The van der Waals surface area contributed by atoms with Crippen molar-refractivity contribution in [3.8, 4) is 0 Å². The van der Waals surface area contributed by atoms with Crippen LogP contribution in [0.15, 0.2) is 51.1 Å². The molecule has 0 radical (unpaired) electrons. The fourth-order valence-electron chi connectivity index (χ4n) is 3.10. The highest BCUT2D eigenvalue weighted by Gasteiger charge is 2.34. The predicted octanol–water partition coefficient (Wildman–Crippen LogP) is 1.77. The smallest absolute Gasteiger partial charge is 0.244 e. The molecule has 2 aromatic rings. The van der Waals surface area contributed by atoms with E-state index >= 15 is 0 Å². The number of hydrogen-bond acceptors (Lipinski definition) is 7. The topological polar surface area (TPSA) is 110 Å². The minimum absolute atomic E-state index is 0.0950. The van der Waals surface area contributed by atoms with Gasteiger partial charge in [-0.3, -0.25) is 9.59 Å². The molecular formula is C20H23N3O4S2. The number of aldehydes is 1. The van der Waals surface area contributed by atoms with E-state index in [4.69, 9.17) is 5.73 Å². The molecule has 3 rings (SSSR count). The summed E-state index contributed by atoms with van der Waals surface area (Å²) < 4.78 is 28.0. The number of hydrogen-bond donors (Lipinski definition) is 2. The van der Waals surface area contributed by atoms with E-state index in [0.717, 1.165) is 16.0 Å². The van der Waals surface area contributed by atoms with Crippen molar-refractivity contribution in [2.45, 2.75) is 34.6 Å². The second-order valence-corrected chi connectivity index (χ2v) is 9.96. The van der Waals surface area contributed by atoms with E-state index in [2.05, 4.69) is 5.32 Å². The Hall–Kier alpha value is -2.20. The monoisotopic (exact) mass is 433 g/mol. The summed E-state index contributed by atoms with van der Waals surface area (Å²) in [7, 11) is -3.91. The molecular weight excluding hydrogens is 410 g/mol. The first-order valence-corrected chi connectivity index (χ1v) is 11.3. The first-order valence-electron chi connectivity index (χ1n) is 9.09. The van der Waals surface area contributed by atoms with Gasteiger partial charge in [-0.1, -0.05) is 23.9 Å². The Bertz CT molecular complexity index is 1050. The molecule has 1 heterocycles. The van der Waals surface area contributed by atoms with Crippen LogP contribution in [0, 0.1) is 13.8 Å². The van der Waals surface area contributed by atoms with Gasteiger partial charge in [0.05, 0.1) is 10.9 Å². The molecule has 9 heteroatoms. The Morgan fingerprint density at radius 1 is 1.21 bits per heavy atom. The van der Waals surface area contributed by atoms with Gasteiger partial charge in [-0.15, -0.1) is 0 Å². The molecule has 1 unspecified atom stereocenters. The zero-order valence-electron chi connectivity index (χ0n) is 16.2. The van der Waals surface area contributed by atoms with E-state index < -0.39 is 21.8 Å². The lowest BCUT2D eigenvalue weighted by molar-refractivity contribution is -0.131. The zero-order valence-corrected chi connectivity index (χ0v) is 17.8. The lowest BCUT2D eigenvalue weighted by atomic mass is 10.1. The van der Waals surface area contributed by atoms with Gasteiger partial charge in [-0.25, -0.2) is 8.42 Å². The van der Waals surface area contributed by atoms with Gasteiger partial charge in [0.1, 0.15) is 0 Å². The van der Waals surface area contributed by atoms with Gasteiger partial charge in [0.2, 0.25) is 15.8 Å². The Labute approximate surface area is 174 Å². The number of nitrogen functional groups attached to an aromatic ring is 1. The number of nitrogens with zero attached hydrogens (tertiary/aromatic N) is 1. The van der Waals surface area contributed by atoms with Crippen LogP contribution in [0.3, 0.4) is 0 Å². The summed E-state index contributed by atoms with van der Waals surface area (Å²) in [5.41, 5.74) is 8.35. The van der Waals surface area contributed by atoms with E-state index in [0.29, 0.717) is 10.6 Å². The Kier molecular flexibility index (Phi) is 6.42. The first-order chi connectivity index (χ1) is 13.7. The van der Waals surface area contributed by atoms with E-state index in [1.54, 1.807) is 12.1 Å². The number of carbonyl (C=O) groups is 2. The van der Waals surface area contributed by atoms with Crippen molar-refractivity contribution in [2.75, 3.05) is 25.4 Å². The second kappa shape index (κ2) is 8.66. The fraction of sp³-hybridized carbons (Fsp3) is 0.300. The Morgan fingerprint density at radius 3 is 2.69 bits per heavy atom. The minimum Gasteiger partial charge on any atom is -0.399 e. The second-order valence-electron chi connectivity index (χ2n) is 6.97. The summed E-state index contributed by atoms with van der Waals surface area (Å²) in [6, 6.07) is 9.98. The van der Waals surface area contributed by atoms with Gasteiger partial charge in [0.15, 0.2) is 6.29 Å². The molecule has 0 bridgehead atoms. The van der Waals surface area contributed by atoms with Crippen molar-refractivity contribution in [2.24, 2.45) is 0 Å². The third-order valence-electron chi connectivity index (χ3n) is 4.75. The number of piperazine rings is 1. The first kappa shape index (κ1) is 21.5. The Balaban J connectivity index is 1.98. The Morgan fingerprint density at radius 2 is 1.97 bits per heavy atom. The van der Waals surface area contributed by atoms with Crippen LogP contribution in [-0.4, -0.2) is 50.5 Å². The largest absolute Gasteiger partial charge is 0.399 e. The van der Waals surface area contributed by atoms with E-state index in [1.165, 1.54) is 22.1 Å². The molecule has 0 aromatic heterocycles. The van der Waals surface area contributed by atoms with E-state index in [1.807, 2.05) is 32.0 Å². The molecule has 0 spiro atoms. The maximum atomic E-state index is 13.4. The quantitative estimate of drug-likeness (QED) is 0.406. The van der Waals surface area contributed by atoms with Gasteiger partial charge in [0.25, 0.3) is 0 Å². The molecule has 0 aliphatic carbocycles. The number of benzene rings is 2. The van der Waals surface area contributed by atoms with Crippen molar-refractivity contribution in [1.29, 1.82) is 0 Å². The normalized spacial score (nSPS) is 17.8. The van der Waals surface area contributed by atoms with E-state index in [9.17, 15) is 18.0 Å². The summed E-state index contributed by atoms with van der Waals surface area (Å²) in [4.78, 5) is 24.2. The van der Waals surface area contributed by atoms with Crippen molar-refractivity contribution in [1.82, 2.24) is 9.62 Å². The van der Waals surface area contributed by atoms with Crippen LogP contribution >= 0.6 is 11.8 Å². The molecule has 154 valence electrons. The van der Waals surface area contributed by atoms with Crippen molar-refractivity contribution >= 4 is 39.5 Å². The number of anilines is 1. The molecule has 1 fully saturated rings. The third kappa shape index (κ3) is 4.69. The van der Waals surface area contributed by atoms with Crippen molar-refractivity contribution in [3.05, 3.63) is 47.5 Å². The van der Waals surface area contributed by atoms with Crippen LogP contribution < -0.4 is 11.1 Å². The molecule has 1 atom stereocenters. The van der Waals surface area contributed by atoms with Crippen LogP contribution in [0.4, 0.5) is 5.69 Å². The number of sulfonamides is 1. The summed E-state index contributed by atoms with van der Waals surface area (Å²) in [6.07, 6.45) is 0.218. The molecule has 7 nitrogen and oxygen atoms in total. The highest BCUT2D eigenvalue weighted by molar-refractivity contribution is 8.00. The molecule has 29 heavy (non-hydrogen) atoms. The average Bonchev–Trinajstić information content (AvgIpc) is 2.71. The van der Waals surface area contributed by atoms with E-state index in [-0.39, 0.29) is 30.8 Å². The lowest BCUT2D eigenvalue weighted by Crippen LogP contribution is -2.55. The zero-order chi connectivity index (χ0) is 21.2. The fourth-order valence-corrected chi connectivity index (χ4v) is 6.11. The van der Waals surface area contributed by atoms with Crippen LogP contribution in [0.2, 0.25) is 0 Å². The summed E-state index contributed by atoms with van der Waals surface area (Å²) in [5.74, 6) is -0.664. The maximum Gasteiger partial charge on any atom is 0.244 e. The predicted molar refractivity (Wildman–Crippen MR) is 113 cm³/mol. The van der Waals surface area contributed by atoms with Gasteiger partial charge in [0, 0.05) is 35.1 Å². The van der Waals surface area contributed by atoms with Crippen molar-refractivity contribution in [3.63, 3.8) is 0 Å². The number of nitrogens with one attached hydrogen (secondary N) is 1. The number of nitrogens with two attached hydrogens (primary N) is 1. The molecule has 1 aliphatic heterocycles. The lowest BCUT2D eigenvalue weighted by Gasteiger charge is -2.31. The third-order valence-corrected chi connectivity index (χ3v) is 8.02. The summed E-state index contributed by atoms with van der Waals surface area (Å²) >= 11 is 1.37. The summed E-state index contributed by atoms with van der Waals surface area (Å²) in [5, 5.41) is 2.89. The number of carbonyl (C=O) groups excluding carboxylic acids is 2. The maximum absolute atomic E-state index is 13.4. The molecule has 0 amide bonds. The number of rotatable bonds is 6. The molecule has 3 N–H and O–H groups in total. The van der Waals surface area contributed by atoms with Gasteiger partial charge in [-0.05, 0) is 49.2 Å².